The van der Waals surface area contributed by atoms with Gasteiger partial charge in [-0.1, -0.05) is 36.4 Å². The number of carbonyl (C=O) groups excluding carboxylic acids is 1. The van der Waals surface area contributed by atoms with E-state index in [0.717, 1.165) is 17.4 Å². The second kappa shape index (κ2) is 8.31. The molecule has 0 saturated carbocycles. The fourth-order valence-corrected chi connectivity index (χ4v) is 3.81. The predicted octanol–water partition coefficient (Wildman–Crippen LogP) is 2.92. The highest BCUT2D eigenvalue weighted by Crippen LogP contribution is 2.26. The number of hydrogen-bond donors (Lipinski definition) is 1. The van der Waals surface area contributed by atoms with E-state index in [1.165, 1.54) is 10.4 Å². The zero-order valence-electron chi connectivity index (χ0n) is 15.1. The van der Waals surface area contributed by atoms with Crippen molar-refractivity contribution in [2.24, 2.45) is 0 Å². The summed E-state index contributed by atoms with van der Waals surface area (Å²) in [6.07, 6.45) is 1.10. The lowest BCUT2D eigenvalue weighted by Gasteiger charge is -2.25. The molecule has 0 bridgehead atoms. The molecule has 0 radical (unpaired) electrons. The van der Waals surface area contributed by atoms with Gasteiger partial charge in [0.1, 0.15) is 5.82 Å². The molecule has 2 aromatic carbocycles. The Bertz CT molecular complexity index is 877. The van der Waals surface area contributed by atoms with Gasteiger partial charge in [-0.25, -0.2) is 12.8 Å². The molecule has 0 saturated heterocycles. The summed E-state index contributed by atoms with van der Waals surface area (Å²) >= 11 is 0. The molecule has 0 unspecified atom stereocenters. The van der Waals surface area contributed by atoms with E-state index in [-0.39, 0.29) is 31.2 Å². The number of benzene rings is 2. The summed E-state index contributed by atoms with van der Waals surface area (Å²) in [4.78, 5) is 12.1. The van der Waals surface area contributed by atoms with Gasteiger partial charge in [-0.05, 0) is 31.0 Å². The summed E-state index contributed by atoms with van der Waals surface area (Å²) < 4.78 is 39.3. The minimum absolute atomic E-state index is 0.0186. The monoisotopic (exact) mass is 378 g/mol. The van der Waals surface area contributed by atoms with Crippen molar-refractivity contribution in [2.75, 3.05) is 17.1 Å². The van der Waals surface area contributed by atoms with Crippen LogP contribution in [0.25, 0.3) is 0 Å². The van der Waals surface area contributed by atoms with Crippen LogP contribution >= 0.6 is 0 Å². The van der Waals surface area contributed by atoms with Gasteiger partial charge in [0.15, 0.2) is 0 Å². The standard InChI is InChI=1S/C19H23FN2O3S/c1-14-7-6-8-15(2)19(14)22(26(3,24)25)12-11-18(23)21-13-16-9-4-5-10-17(16)20/h4-10H,11-13H2,1-3H3,(H,21,23). The molecule has 1 N–H and O–H groups in total. The van der Waals surface area contributed by atoms with Crippen molar-refractivity contribution in [1.29, 1.82) is 0 Å². The van der Waals surface area contributed by atoms with Crippen molar-refractivity contribution in [3.8, 4) is 0 Å². The van der Waals surface area contributed by atoms with Crippen molar-refractivity contribution in [2.45, 2.75) is 26.8 Å². The largest absolute Gasteiger partial charge is 0.352 e. The third kappa shape index (κ3) is 5.05. The fraction of sp³-hybridized carbons (Fsp3) is 0.316. The van der Waals surface area contributed by atoms with Gasteiger partial charge in [-0.2, -0.15) is 0 Å². The lowest BCUT2D eigenvalue weighted by molar-refractivity contribution is -0.121. The molecular formula is C19H23FN2O3S. The topological polar surface area (TPSA) is 66.5 Å². The molecule has 2 aromatic rings. The van der Waals surface area contributed by atoms with E-state index >= 15 is 0 Å². The highest BCUT2D eigenvalue weighted by molar-refractivity contribution is 7.92. The van der Waals surface area contributed by atoms with Crippen molar-refractivity contribution in [1.82, 2.24) is 5.32 Å². The summed E-state index contributed by atoms with van der Waals surface area (Å²) in [6.45, 7) is 3.75. The van der Waals surface area contributed by atoms with Crippen LogP contribution in [-0.2, 0) is 21.4 Å². The zero-order valence-corrected chi connectivity index (χ0v) is 15.9. The van der Waals surface area contributed by atoms with Gasteiger partial charge in [0.05, 0.1) is 11.9 Å². The zero-order chi connectivity index (χ0) is 19.3. The number of aryl methyl sites for hydroxylation is 2. The molecule has 26 heavy (non-hydrogen) atoms. The van der Waals surface area contributed by atoms with Crippen molar-refractivity contribution < 1.29 is 17.6 Å². The van der Waals surface area contributed by atoms with Gasteiger partial charge in [0.25, 0.3) is 0 Å². The number of amides is 1. The molecule has 140 valence electrons. The van der Waals surface area contributed by atoms with Crippen LogP contribution < -0.4 is 9.62 Å². The van der Waals surface area contributed by atoms with Gasteiger partial charge < -0.3 is 5.32 Å². The predicted molar refractivity (Wildman–Crippen MR) is 101 cm³/mol. The maximum absolute atomic E-state index is 13.6. The number of nitrogens with zero attached hydrogens (tertiary/aromatic N) is 1. The number of halogens is 1. The highest BCUT2D eigenvalue weighted by atomic mass is 32.2. The number of anilines is 1. The lowest BCUT2D eigenvalue weighted by Crippen LogP contribution is -2.35. The molecule has 0 aliphatic carbocycles. The second-order valence-electron chi connectivity index (χ2n) is 6.19. The van der Waals surface area contributed by atoms with Gasteiger partial charge in [-0.3, -0.25) is 9.10 Å². The van der Waals surface area contributed by atoms with E-state index in [1.807, 2.05) is 32.0 Å². The Kier molecular flexibility index (Phi) is 6.37. The van der Waals surface area contributed by atoms with Gasteiger partial charge in [-0.15, -0.1) is 0 Å². The Morgan fingerprint density at radius 2 is 1.69 bits per heavy atom. The van der Waals surface area contributed by atoms with Crippen LogP contribution in [0.4, 0.5) is 10.1 Å². The SMILES string of the molecule is Cc1cccc(C)c1N(CCC(=O)NCc1ccccc1F)S(C)(=O)=O. The van der Waals surface area contributed by atoms with Crippen molar-refractivity contribution in [3.63, 3.8) is 0 Å². The van der Waals surface area contributed by atoms with E-state index in [1.54, 1.807) is 18.2 Å². The van der Waals surface area contributed by atoms with Crippen LogP contribution in [0.1, 0.15) is 23.1 Å². The first-order valence-electron chi connectivity index (χ1n) is 8.24. The van der Waals surface area contributed by atoms with E-state index < -0.39 is 10.0 Å². The van der Waals surface area contributed by atoms with Crippen LogP contribution in [0.3, 0.4) is 0 Å². The minimum Gasteiger partial charge on any atom is -0.352 e. The number of sulfonamides is 1. The first-order valence-corrected chi connectivity index (χ1v) is 10.1. The average Bonchev–Trinajstić information content (AvgIpc) is 2.55. The molecule has 0 spiro atoms. The molecular weight excluding hydrogens is 355 g/mol. The summed E-state index contributed by atoms with van der Waals surface area (Å²) in [7, 11) is -3.54. The molecule has 0 aromatic heterocycles. The molecule has 2 rings (SSSR count). The number of carbonyl (C=O) groups is 1. The van der Waals surface area contributed by atoms with E-state index in [9.17, 15) is 17.6 Å². The van der Waals surface area contributed by atoms with Crippen LogP contribution in [0, 0.1) is 19.7 Å². The van der Waals surface area contributed by atoms with Crippen LogP contribution in [0.2, 0.25) is 0 Å². The lowest BCUT2D eigenvalue weighted by atomic mass is 10.1. The molecule has 1 amide bonds. The maximum Gasteiger partial charge on any atom is 0.232 e. The third-order valence-corrected chi connectivity index (χ3v) is 5.23. The molecule has 0 aliphatic rings. The Hall–Kier alpha value is -2.41. The molecule has 0 aliphatic heterocycles. The molecule has 5 nitrogen and oxygen atoms in total. The minimum atomic E-state index is -3.54. The van der Waals surface area contributed by atoms with E-state index in [0.29, 0.717) is 11.3 Å². The molecule has 0 fully saturated rings. The Labute approximate surface area is 153 Å². The normalized spacial score (nSPS) is 11.2. The van der Waals surface area contributed by atoms with Crippen molar-refractivity contribution in [3.05, 3.63) is 65.0 Å². The summed E-state index contributed by atoms with van der Waals surface area (Å²) in [5.41, 5.74) is 2.62. The number of nitrogens with one attached hydrogen (secondary N) is 1. The quantitative estimate of drug-likeness (QED) is 0.806. The van der Waals surface area contributed by atoms with Crippen LogP contribution in [-0.4, -0.2) is 27.1 Å². The van der Waals surface area contributed by atoms with E-state index in [2.05, 4.69) is 5.32 Å². The third-order valence-electron chi connectivity index (χ3n) is 4.07. The first-order chi connectivity index (χ1) is 12.2. The summed E-state index contributed by atoms with van der Waals surface area (Å²) in [5, 5.41) is 2.63. The average molecular weight is 378 g/mol. The smallest absolute Gasteiger partial charge is 0.232 e. The Balaban J connectivity index is 2.06. The number of rotatable bonds is 7. The molecule has 0 atom stereocenters. The fourth-order valence-electron chi connectivity index (χ4n) is 2.77. The number of para-hydroxylation sites is 1. The number of hydrogen-bond acceptors (Lipinski definition) is 3. The summed E-state index contributed by atoms with van der Waals surface area (Å²) in [6, 6.07) is 11.7. The van der Waals surface area contributed by atoms with Crippen LogP contribution in [0.5, 0.6) is 0 Å². The second-order valence-corrected chi connectivity index (χ2v) is 8.10. The molecule has 0 heterocycles. The molecule has 7 heteroatoms. The van der Waals surface area contributed by atoms with Crippen molar-refractivity contribution >= 4 is 21.6 Å². The van der Waals surface area contributed by atoms with Gasteiger partial charge >= 0.3 is 0 Å². The highest BCUT2D eigenvalue weighted by Gasteiger charge is 2.21. The Morgan fingerprint density at radius 3 is 2.27 bits per heavy atom. The van der Waals surface area contributed by atoms with Gasteiger partial charge in [0, 0.05) is 25.1 Å². The van der Waals surface area contributed by atoms with E-state index in [4.69, 9.17) is 0 Å². The summed E-state index contributed by atoms with van der Waals surface area (Å²) in [5.74, 6) is -0.728. The van der Waals surface area contributed by atoms with Gasteiger partial charge in [0.2, 0.25) is 15.9 Å². The maximum atomic E-state index is 13.6. The first kappa shape index (κ1) is 19.9. The van der Waals surface area contributed by atoms with Crippen LogP contribution in [0.15, 0.2) is 42.5 Å². The Morgan fingerprint density at radius 1 is 1.08 bits per heavy atom.